The van der Waals surface area contributed by atoms with Gasteiger partial charge in [0, 0.05) is 29.8 Å². The van der Waals surface area contributed by atoms with Gasteiger partial charge in [0.15, 0.2) is 0 Å². The molecular weight excluding hydrogens is 324 g/mol. The van der Waals surface area contributed by atoms with Gasteiger partial charge in [-0.25, -0.2) is 0 Å². The maximum Gasteiger partial charge on any atom is 0.0372 e. The molecule has 21 heavy (non-hydrogen) atoms. The molecule has 110 valence electrons. The second-order valence-electron chi connectivity index (χ2n) is 5.82. The van der Waals surface area contributed by atoms with Crippen LogP contribution in [0.5, 0.6) is 0 Å². The summed E-state index contributed by atoms with van der Waals surface area (Å²) in [5.74, 6) is 0. The van der Waals surface area contributed by atoms with Crippen LogP contribution in [0.2, 0.25) is 0 Å². The van der Waals surface area contributed by atoms with Crippen molar-refractivity contribution < 1.29 is 0 Å². The molecule has 0 amide bonds. The number of fused-ring (bicyclic) bond motifs is 1. The van der Waals surface area contributed by atoms with Crippen LogP contribution >= 0.6 is 15.9 Å². The summed E-state index contributed by atoms with van der Waals surface area (Å²) < 4.78 is 1.14. The Morgan fingerprint density at radius 2 is 1.76 bits per heavy atom. The molecule has 3 heteroatoms. The lowest BCUT2D eigenvalue weighted by molar-refractivity contribution is 0.319. The minimum Gasteiger partial charge on any atom is -0.385 e. The third-order valence-electron chi connectivity index (χ3n) is 3.93. The van der Waals surface area contributed by atoms with E-state index >= 15 is 0 Å². The van der Waals surface area contributed by atoms with Gasteiger partial charge in [0.2, 0.25) is 0 Å². The van der Waals surface area contributed by atoms with E-state index in [0.29, 0.717) is 0 Å². The van der Waals surface area contributed by atoms with Crippen molar-refractivity contribution in [3.63, 3.8) is 0 Å². The molecule has 1 aliphatic heterocycles. The molecule has 2 aromatic rings. The average Bonchev–Trinajstić information content (AvgIpc) is 2.49. The van der Waals surface area contributed by atoms with Crippen LogP contribution in [0.4, 0.5) is 5.69 Å². The van der Waals surface area contributed by atoms with Gasteiger partial charge in [-0.3, -0.25) is 4.90 Å². The van der Waals surface area contributed by atoms with Crippen molar-refractivity contribution in [2.24, 2.45) is 0 Å². The normalized spacial score (nSPS) is 13.9. The van der Waals surface area contributed by atoms with Gasteiger partial charge < -0.3 is 5.32 Å². The third kappa shape index (κ3) is 3.86. The average molecular weight is 345 g/mol. The van der Waals surface area contributed by atoms with Crippen LogP contribution in [0.3, 0.4) is 0 Å². The van der Waals surface area contributed by atoms with Crippen molar-refractivity contribution in [1.82, 2.24) is 4.90 Å². The van der Waals surface area contributed by atoms with Crippen LogP contribution in [-0.2, 0) is 19.5 Å². The Hall–Kier alpha value is -1.32. The first-order chi connectivity index (χ1) is 10.2. The van der Waals surface area contributed by atoms with Crippen LogP contribution in [0.15, 0.2) is 46.9 Å². The number of halogens is 1. The summed E-state index contributed by atoms with van der Waals surface area (Å²) in [6.45, 7) is 3.07. The number of nitrogens with zero attached hydrogens (tertiary/aromatic N) is 1. The van der Waals surface area contributed by atoms with Gasteiger partial charge in [-0.15, -0.1) is 0 Å². The van der Waals surface area contributed by atoms with Crippen molar-refractivity contribution in [2.45, 2.75) is 25.9 Å². The van der Waals surface area contributed by atoms with Crippen molar-refractivity contribution in [1.29, 1.82) is 0 Å². The van der Waals surface area contributed by atoms with E-state index in [0.717, 1.165) is 24.1 Å². The molecule has 1 N–H and O–H groups in total. The molecule has 0 radical (unpaired) electrons. The number of hydrogen-bond donors (Lipinski definition) is 1. The predicted molar refractivity (Wildman–Crippen MR) is 92.6 cm³/mol. The van der Waals surface area contributed by atoms with E-state index in [-0.39, 0.29) is 0 Å². The van der Waals surface area contributed by atoms with Crippen LogP contribution in [0, 0.1) is 0 Å². The molecule has 1 heterocycles. The largest absolute Gasteiger partial charge is 0.385 e. The Kier molecular flexibility index (Phi) is 4.61. The molecule has 2 nitrogen and oxygen atoms in total. The summed E-state index contributed by atoms with van der Waals surface area (Å²) >= 11 is 3.48. The van der Waals surface area contributed by atoms with Crippen LogP contribution < -0.4 is 5.32 Å². The lowest BCUT2D eigenvalue weighted by atomic mass is 10.0. The fourth-order valence-corrected chi connectivity index (χ4v) is 3.16. The summed E-state index contributed by atoms with van der Waals surface area (Å²) in [6, 6.07) is 15.4. The van der Waals surface area contributed by atoms with E-state index in [1.807, 2.05) is 0 Å². The number of rotatable bonds is 4. The highest BCUT2D eigenvalue weighted by Gasteiger charge is 2.09. The maximum absolute atomic E-state index is 3.48. The van der Waals surface area contributed by atoms with Gasteiger partial charge in [0.25, 0.3) is 0 Å². The van der Waals surface area contributed by atoms with Gasteiger partial charge in [-0.05, 0) is 54.8 Å². The highest BCUT2D eigenvalue weighted by atomic mass is 79.9. The Labute approximate surface area is 135 Å². The molecule has 0 saturated carbocycles. The second-order valence-corrected chi connectivity index (χ2v) is 6.74. The van der Waals surface area contributed by atoms with Crippen molar-refractivity contribution in [3.8, 4) is 0 Å². The molecule has 0 fully saturated rings. The number of hydrogen-bond acceptors (Lipinski definition) is 2. The summed E-state index contributed by atoms with van der Waals surface area (Å²) in [5.41, 5.74) is 5.54. The van der Waals surface area contributed by atoms with Crippen molar-refractivity contribution in [3.05, 3.63) is 63.6 Å². The lowest BCUT2D eigenvalue weighted by Gasteiger charge is -2.21. The highest BCUT2D eigenvalue weighted by Crippen LogP contribution is 2.23. The van der Waals surface area contributed by atoms with E-state index in [4.69, 9.17) is 0 Å². The molecule has 0 aliphatic carbocycles. The topological polar surface area (TPSA) is 15.3 Å². The van der Waals surface area contributed by atoms with Gasteiger partial charge in [0.1, 0.15) is 0 Å². The summed E-state index contributed by atoms with van der Waals surface area (Å²) in [4.78, 5) is 2.36. The Morgan fingerprint density at radius 1 is 1.05 bits per heavy atom. The third-order valence-corrected chi connectivity index (χ3v) is 4.45. The Balaban J connectivity index is 1.64. The first kappa shape index (κ1) is 14.6. The van der Waals surface area contributed by atoms with Crippen LogP contribution in [0.1, 0.15) is 23.1 Å². The maximum atomic E-state index is 3.48. The monoisotopic (exact) mass is 344 g/mol. The zero-order valence-electron chi connectivity index (χ0n) is 12.4. The first-order valence-electron chi connectivity index (χ1n) is 7.49. The summed E-state index contributed by atoms with van der Waals surface area (Å²) in [6.07, 6.45) is 2.44. The fourth-order valence-electron chi connectivity index (χ4n) is 2.90. The molecule has 0 saturated heterocycles. The Bertz CT molecular complexity index is 607. The van der Waals surface area contributed by atoms with E-state index in [2.05, 4.69) is 75.7 Å². The molecule has 0 atom stereocenters. The van der Waals surface area contributed by atoms with E-state index in [9.17, 15) is 0 Å². The molecule has 2 aromatic carbocycles. The minimum atomic E-state index is 0.975. The van der Waals surface area contributed by atoms with Crippen LogP contribution in [-0.4, -0.2) is 18.5 Å². The highest BCUT2D eigenvalue weighted by molar-refractivity contribution is 9.10. The molecule has 0 unspecified atom stereocenters. The number of anilines is 1. The Morgan fingerprint density at radius 3 is 2.57 bits per heavy atom. The first-order valence-corrected chi connectivity index (χ1v) is 8.29. The fraction of sp³-hybridized carbons (Fsp3) is 0.333. The van der Waals surface area contributed by atoms with E-state index in [1.165, 1.54) is 35.2 Å². The summed E-state index contributed by atoms with van der Waals surface area (Å²) in [7, 11) is 2.18. The lowest BCUT2D eigenvalue weighted by Crippen LogP contribution is -2.18. The van der Waals surface area contributed by atoms with Gasteiger partial charge in [0.05, 0.1) is 0 Å². The SMILES string of the molecule is CN(Cc1ccc(Br)cc1)Cc1ccc2c(c1)CCCN2. The summed E-state index contributed by atoms with van der Waals surface area (Å²) in [5, 5.41) is 3.47. The number of benzene rings is 2. The molecular formula is C18H21BrN2. The quantitative estimate of drug-likeness (QED) is 0.881. The zero-order valence-corrected chi connectivity index (χ0v) is 14.0. The molecule has 0 bridgehead atoms. The number of nitrogens with one attached hydrogen (secondary N) is 1. The minimum absolute atomic E-state index is 0.975. The van der Waals surface area contributed by atoms with Gasteiger partial charge in [-0.1, -0.05) is 40.2 Å². The van der Waals surface area contributed by atoms with Gasteiger partial charge in [-0.2, -0.15) is 0 Å². The molecule has 0 spiro atoms. The zero-order chi connectivity index (χ0) is 14.7. The van der Waals surface area contributed by atoms with Crippen LogP contribution in [0.25, 0.3) is 0 Å². The van der Waals surface area contributed by atoms with Gasteiger partial charge >= 0.3 is 0 Å². The molecule has 0 aromatic heterocycles. The molecule has 1 aliphatic rings. The van der Waals surface area contributed by atoms with Crippen molar-refractivity contribution >= 4 is 21.6 Å². The van der Waals surface area contributed by atoms with E-state index in [1.54, 1.807) is 0 Å². The van der Waals surface area contributed by atoms with Crippen molar-refractivity contribution in [2.75, 3.05) is 18.9 Å². The molecule has 3 rings (SSSR count). The standard InChI is InChI=1S/C18H21BrN2/c1-21(12-14-4-7-17(19)8-5-14)13-15-6-9-18-16(11-15)3-2-10-20-18/h4-9,11,20H,2-3,10,12-13H2,1H3. The predicted octanol–water partition coefficient (Wildman–Crippen LogP) is 4.44. The second kappa shape index (κ2) is 6.63. The van der Waals surface area contributed by atoms with E-state index < -0.39 is 0 Å². The number of aryl methyl sites for hydroxylation is 1. The smallest absolute Gasteiger partial charge is 0.0372 e.